The summed E-state index contributed by atoms with van der Waals surface area (Å²) in [4.78, 5) is 4.09. The van der Waals surface area contributed by atoms with Crippen molar-refractivity contribution in [2.75, 3.05) is 5.73 Å². The number of nitrogens with two attached hydrogens (primary N) is 1. The summed E-state index contributed by atoms with van der Waals surface area (Å²) in [6, 6.07) is 1.89. The highest BCUT2D eigenvalue weighted by atomic mass is 79.9. The van der Waals surface area contributed by atoms with Crippen LogP contribution in [0.1, 0.15) is 0 Å². The molecule has 0 saturated carbocycles. The van der Waals surface area contributed by atoms with E-state index in [2.05, 4.69) is 20.9 Å². The molecule has 2 N–H and O–H groups in total. The van der Waals surface area contributed by atoms with Gasteiger partial charge in [0, 0.05) is 23.1 Å². The van der Waals surface area contributed by atoms with Gasteiger partial charge in [0.1, 0.15) is 0 Å². The van der Waals surface area contributed by atoms with Crippen LogP contribution in [0.4, 0.5) is 5.69 Å². The summed E-state index contributed by atoms with van der Waals surface area (Å²) in [6.07, 6.45) is 5.49. The van der Waals surface area contributed by atoms with Crippen molar-refractivity contribution in [3.05, 3.63) is 29.1 Å². The number of nitrogen functional groups attached to an aromatic ring is 1. The topological polar surface area (TPSA) is 43.3 Å². The maximum absolute atomic E-state index is 5.73. The molecule has 0 bridgehead atoms. The van der Waals surface area contributed by atoms with Gasteiger partial charge in [0.25, 0.3) is 0 Å². The van der Waals surface area contributed by atoms with Gasteiger partial charge in [-0.25, -0.2) is 4.98 Å². The second-order valence-corrected chi connectivity index (χ2v) is 3.09. The molecule has 0 saturated heterocycles. The van der Waals surface area contributed by atoms with Crippen LogP contribution in [0.5, 0.6) is 0 Å². The van der Waals surface area contributed by atoms with E-state index in [9.17, 15) is 0 Å². The standard InChI is InChI=1S/C7H6BrN3/c8-5-1-3-11-4-2-10-7(11)6(5)9/h1-4H,9H2. The van der Waals surface area contributed by atoms with Gasteiger partial charge in [-0.15, -0.1) is 0 Å². The molecule has 0 spiro atoms. The first-order valence-corrected chi connectivity index (χ1v) is 3.95. The number of imidazole rings is 1. The molecule has 0 amide bonds. The molecule has 4 heteroatoms. The molecular weight excluding hydrogens is 206 g/mol. The monoisotopic (exact) mass is 211 g/mol. The number of nitrogens with zero attached hydrogens (tertiary/aromatic N) is 2. The molecule has 56 valence electrons. The summed E-state index contributed by atoms with van der Waals surface area (Å²) in [5, 5.41) is 0. The van der Waals surface area contributed by atoms with Crippen molar-refractivity contribution < 1.29 is 0 Å². The van der Waals surface area contributed by atoms with Crippen molar-refractivity contribution in [1.29, 1.82) is 0 Å². The molecule has 2 aromatic rings. The van der Waals surface area contributed by atoms with Gasteiger partial charge < -0.3 is 10.1 Å². The van der Waals surface area contributed by atoms with Crippen molar-refractivity contribution >= 4 is 27.3 Å². The summed E-state index contributed by atoms with van der Waals surface area (Å²) in [7, 11) is 0. The number of aromatic nitrogens is 2. The van der Waals surface area contributed by atoms with Gasteiger partial charge in [0.2, 0.25) is 0 Å². The Labute approximate surface area is 72.0 Å². The van der Waals surface area contributed by atoms with Gasteiger partial charge in [-0.3, -0.25) is 0 Å². The van der Waals surface area contributed by atoms with Gasteiger partial charge in [-0.05, 0) is 22.0 Å². The van der Waals surface area contributed by atoms with E-state index in [1.807, 2.05) is 22.9 Å². The van der Waals surface area contributed by atoms with E-state index >= 15 is 0 Å². The lowest BCUT2D eigenvalue weighted by molar-refractivity contribution is 1.18. The molecule has 3 nitrogen and oxygen atoms in total. The van der Waals surface area contributed by atoms with E-state index in [4.69, 9.17) is 5.73 Å². The van der Waals surface area contributed by atoms with Crippen LogP contribution >= 0.6 is 15.9 Å². The highest BCUT2D eigenvalue weighted by Crippen LogP contribution is 2.22. The minimum atomic E-state index is 0.678. The third-order valence-corrected chi connectivity index (χ3v) is 2.24. The lowest BCUT2D eigenvalue weighted by atomic mass is 10.4. The molecule has 0 aliphatic rings. The Bertz CT molecular complexity index is 393. The van der Waals surface area contributed by atoms with Gasteiger partial charge >= 0.3 is 0 Å². The van der Waals surface area contributed by atoms with Crippen LogP contribution in [0, 0.1) is 0 Å². The molecule has 2 rings (SSSR count). The molecule has 0 aliphatic heterocycles. The second kappa shape index (κ2) is 2.23. The molecule has 0 fully saturated rings. The third-order valence-electron chi connectivity index (χ3n) is 1.55. The molecule has 0 aromatic carbocycles. The van der Waals surface area contributed by atoms with Gasteiger partial charge in [0.15, 0.2) is 5.65 Å². The predicted octanol–water partition coefficient (Wildman–Crippen LogP) is 1.68. The van der Waals surface area contributed by atoms with Crippen molar-refractivity contribution in [3.63, 3.8) is 0 Å². The smallest absolute Gasteiger partial charge is 0.161 e. The Hall–Kier alpha value is -1.03. The maximum atomic E-state index is 5.73. The Morgan fingerprint density at radius 3 is 3.09 bits per heavy atom. The molecule has 11 heavy (non-hydrogen) atoms. The van der Waals surface area contributed by atoms with Crippen LogP contribution < -0.4 is 5.73 Å². The number of rotatable bonds is 0. The number of hydrogen-bond acceptors (Lipinski definition) is 2. The summed E-state index contributed by atoms with van der Waals surface area (Å²) in [6.45, 7) is 0. The van der Waals surface area contributed by atoms with Gasteiger partial charge in [-0.2, -0.15) is 0 Å². The van der Waals surface area contributed by atoms with Gasteiger partial charge in [-0.1, -0.05) is 0 Å². The molecule has 0 unspecified atom stereocenters. The number of hydrogen-bond donors (Lipinski definition) is 1. The molecule has 2 aromatic heterocycles. The predicted molar refractivity (Wildman–Crippen MR) is 47.3 cm³/mol. The van der Waals surface area contributed by atoms with Gasteiger partial charge in [0.05, 0.1) is 5.69 Å². The van der Waals surface area contributed by atoms with E-state index in [1.54, 1.807) is 6.20 Å². The first-order valence-electron chi connectivity index (χ1n) is 3.15. The Balaban J connectivity index is 2.93. The zero-order valence-electron chi connectivity index (χ0n) is 5.66. The number of anilines is 1. The normalized spacial score (nSPS) is 10.6. The first-order chi connectivity index (χ1) is 5.29. The number of pyridine rings is 1. The van der Waals surface area contributed by atoms with E-state index in [0.717, 1.165) is 10.1 Å². The van der Waals surface area contributed by atoms with E-state index in [1.165, 1.54) is 0 Å². The van der Waals surface area contributed by atoms with Crippen LogP contribution in [0.25, 0.3) is 5.65 Å². The van der Waals surface area contributed by atoms with Crippen molar-refractivity contribution in [3.8, 4) is 0 Å². The average Bonchev–Trinajstić information content (AvgIpc) is 2.45. The Morgan fingerprint density at radius 2 is 2.27 bits per heavy atom. The van der Waals surface area contributed by atoms with Crippen LogP contribution in [-0.2, 0) is 0 Å². The van der Waals surface area contributed by atoms with E-state index in [0.29, 0.717) is 5.69 Å². The first kappa shape index (κ1) is 6.67. The van der Waals surface area contributed by atoms with E-state index < -0.39 is 0 Å². The molecule has 0 atom stereocenters. The Morgan fingerprint density at radius 1 is 1.45 bits per heavy atom. The summed E-state index contributed by atoms with van der Waals surface area (Å²) < 4.78 is 2.76. The van der Waals surface area contributed by atoms with Crippen LogP contribution in [0.2, 0.25) is 0 Å². The lowest BCUT2D eigenvalue weighted by Crippen LogP contribution is -1.92. The fourth-order valence-corrected chi connectivity index (χ4v) is 1.28. The van der Waals surface area contributed by atoms with Crippen LogP contribution in [-0.4, -0.2) is 9.38 Å². The molecular formula is C7H6BrN3. The highest BCUT2D eigenvalue weighted by Gasteiger charge is 2.01. The quantitative estimate of drug-likeness (QED) is 0.721. The second-order valence-electron chi connectivity index (χ2n) is 2.24. The summed E-state index contributed by atoms with van der Waals surface area (Å²) in [5.74, 6) is 0. The fraction of sp³-hybridized carbons (Fsp3) is 0. The van der Waals surface area contributed by atoms with Crippen molar-refractivity contribution in [2.45, 2.75) is 0 Å². The Kier molecular flexibility index (Phi) is 1.35. The minimum Gasteiger partial charge on any atom is -0.395 e. The maximum Gasteiger partial charge on any atom is 0.161 e. The SMILES string of the molecule is Nc1c(Br)ccn2ccnc12. The van der Waals surface area contributed by atoms with Crippen LogP contribution in [0.15, 0.2) is 29.1 Å². The highest BCUT2D eigenvalue weighted by molar-refractivity contribution is 9.10. The summed E-state index contributed by atoms with van der Waals surface area (Å²) >= 11 is 3.32. The number of fused-ring (bicyclic) bond motifs is 1. The lowest BCUT2D eigenvalue weighted by Gasteiger charge is -1.98. The van der Waals surface area contributed by atoms with Crippen LogP contribution in [0.3, 0.4) is 0 Å². The summed E-state index contributed by atoms with van der Waals surface area (Å²) in [5.41, 5.74) is 7.20. The minimum absolute atomic E-state index is 0.678. The average molecular weight is 212 g/mol. The largest absolute Gasteiger partial charge is 0.395 e. The molecule has 0 radical (unpaired) electrons. The molecule has 0 aliphatic carbocycles. The zero-order valence-corrected chi connectivity index (χ0v) is 7.25. The number of halogens is 1. The fourth-order valence-electron chi connectivity index (χ4n) is 0.984. The van der Waals surface area contributed by atoms with Crippen molar-refractivity contribution in [2.24, 2.45) is 0 Å². The zero-order chi connectivity index (χ0) is 7.84. The van der Waals surface area contributed by atoms with E-state index in [-0.39, 0.29) is 0 Å². The third kappa shape index (κ3) is 0.903. The molecule has 2 heterocycles. The van der Waals surface area contributed by atoms with Crippen molar-refractivity contribution in [1.82, 2.24) is 9.38 Å².